The third-order valence-corrected chi connectivity index (χ3v) is 3.61. The number of ether oxygens (including phenoxy) is 1. The van der Waals surface area contributed by atoms with Crippen molar-refractivity contribution >= 4 is 48.9 Å². The standard InChI is InChI=1S/C13H12Br2N2O/c1-18-9-3-4-11(16)13(7-9)17-12-5-2-8(14)6-10(12)15/h2-7,17H,16H2,1H3. The van der Waals surface area contributed by atoms with Crippen LogP contribution in [0, 0.1) is 0 Å². The molecule has 0 aliphatic carbocycles. The molecule has 5 heteroatoms. The van der Waals surface area contributed by atoms with Crippen LogP contribution in [0.2, 0.25) is 0 Å². The maximum absolute atomic E-state index is 5.93. The summed E-state index contributed by atoms with van der Waals surface area (Å²) in [7, 11) is 1.63. The Morgan fingerprint density at radius 3 is 2.50 bits per heavy atom. The number of methoxy groups -OCH3 is 1. The van der Waals surface area contributed by atoms with Gasteiger partial charge >= 0.3 is 0 Å². The van der Waals surface area contributed by atoms with Crippen LogP contribution in [0.4, 0.5) is 17.1 Å². The first-order valence-corrected chi connectivity index (χ1v) is 6.84. The highest BCUT2D eigenvalue weighted by Crippen LogP contribution is 2.32. The van der Waals surface area contributed by atoms with Crippen molar-refractivity contribution in [3.63, 3.8) is 0 Å². The van der Waals surface area contributed by atoms with Crippen molar-refractivity contribution in [2.75, 3.05) is 18.2 Å². The van der Waals surface area contributed by atoms with Gasteiger partial charge < -0.3 is 15.8 Å². The van der Waals surface area contributed by atoms with Crippen molar-refractivity contribution in [3.05, 3.63) is 45.3 Å². The molecule has 2 aromatic rings. The molecule has 94 valence electrons. The van der Waals surface area contributed by atoms with E-state index in [0.717, 1.165) is 26.1 Å². The zero-order valence-electron chi connectivity index (χ0n) is 9.71. The molecule has 2 aromatic carbocycles. The molecule has 3 nitrogen and oxygen atoms in total. The fourth-order valence-electron chi connectivity index (χ4n) is 1.51. The van der Waals surface area contributed by atoms with Gasteiger partial charge in [0.05, 0.1) is 24.2 Å². The number of nitrogens with two attached hydrogens (primary N) is 1. The molecule has 0 radical (unpaired) electrons. The molecule has 0 unspecified atom stereocenters. The Hall–Kier alpha value is -1.20. The van der Waals surface area contributed by atoms with E-state index in [4.69, 9.17) is 10.5 Å². The smallest absolute Gasteiger partial charge is 0.121 e. The minimum absolute atomic E-state index is 0.672. The van der Waals surface area contributed by atoms with E-state index in [1.807, 2.05) is 36.4 Å². The van der Waals surface area contributed by atoms with Crippen LogP contribution in [0.25, 0.3) is 0 Å². The lowest BCUT2D eigenvalue weighted by Crippen LogP contribution is -1.97. The summed E-state index contributed by atoms with van der Waals surface area (Å²) in [5.74, 6) is 0.764. The summed E-state index contributed by atoms with van der Waals surface area (Å²) in [4.78, 5) is 0. The van der Waals surface area contributed by atoms with Crippen molar-refractivity contribution < 1.29 is 4.74 Å². The molecule has 0 heterocycles. The molecule has 0 aliphatic heterocycles. The maximum atomic E-state index is 5.93. The van der Waals surface area contributed by atoms with E-state index in [9.17, 15) is 0 Å². The molecule has 0 amide bonds. The Labute approximate surface area is 123 Å². The Balaban J connectivity index is 2.33. The third kappa shape index (κ3) is 2.97. The van der Waals surface area contributed by atoms with Crippen LogP contribution in [-0.2, 0) is 0 Å². The van der Waals surface area contributed by atoms with E-state index < -0.39 is 0 Å². The van der Waals surface area contributed by atoms with Crippen LogP contribution < -0.4 is 15.8 Å². The second-order valence-corrected chi connectivity index (χ2v) is 5.47. The number of hydrogen-bond donors (Lipinski definition) is 2. The SMILES string of the molecule is COc1ccc(N)c(Nc2ccc(Br)cc2Br)c1. The van der Waals surface area contributed by atoms with Gasteiger partial charge in [0.15, 0.2) is 0 Å². The zero-order valence-corrected chi connectivity index (χ0v) is 12.9. The largest absolute Gasteiger partial charge is 0.497 e. The number of nitrogens with one attached hydrogen (secondary N) is 1. The van der Waals surface area contributed by atoms with Gasteiger partial charge in [-0.05, 0) is 46.3 Å². The Morgan fingerprint density at radius 1 is 1.06 bits per heavy atom. The van der Waals surface area contributed by atoms with E-state index in [1.54, 1.807) is 7.11 Å². The zero-order chi connectivity index (χ0) is 13.1. The van der Waals surface area contributed by atoms with Gasteiger partial charge in [-0.3, -0.25) is 0 Å². The molecular formula is C13H12Br2N2O. The van der Waals surface area contributed by atoms with E-state index in [-0.39, 0.29) is 0 Å². The van der Waals surface area contributed by atoms with Crippen LogP contribution in [-0.4, -0.2) is 7.11 Å². The van der Waals surface area contributed by atoms with Gasteiger partial charge in [0.2, 0.25) is 0 Å². The van der Waals surface area contributed by atoms with Gasteiger partial charge in [0.25, 0.3) is 0 Å². The number of hydrogen-bond acceptors (Lipinski definition) is 3. The summed E-state index contributed by atoms with van der Waals surface area (Å²) in [6.45, 7) is 0. The number of halogens is 2. The second-order valence-electron chi connectivity index (χ2n) is 3.70. The number of benzene rings is 2. The van der Waals surface area contributed by atoms with Gasteiger partial charge in [-0.2, -0.15) is 0 Å². The van der Waals surface area contributed by atoms with E-state index >= 15 is 0 Å². The highest BCUT2D eigenvalue weighted by molar-refractivity contribution is 9.11. The van der Waals surface area contributed by atoms with Crippen LogP contribution in [0.1, 0.15) is 0 Å². The molecule has 0 atom stereocenters. The number of anilines is 3. The summed E-state index contributed by atoms with van der Waals surface area (Å²) in [5, 5.41) is 3.27. The van der Waals surface area contributed by atoms with Gasteiger partial charge in [0, 0.05) is 15.0 Å². The van der Waals surface area contributed by atoms with Crippen LogP contribution >= 0.6 is 31.9 Å². The normalized spacial score (nSPS) is 10.2. The average molecular weight is 372 g/mol. The first-order chi connectivity index (χ1) is 8.60. The third-order valence-electron chi connectivity index (χ3n) is 2.46. The van der Waals surface area contributed by atoms with E-state index in [1.165, 1.54) is 0 Å². The molecule has 0 aromatic heterocycles. The van der Waals surface area contributed by atoms with E-state index in [0.29, 0.717) is 5.69 Å². The van der Waals surface area contributed by atoms with Crippen molar-refractivity contribution in [2.24, 2.45) is 0 Å². The molecule has 3 N–H and O–H groups in total. The van der Waals surface area contributed by atoms with Crippen LogP contribution in [0.3, 0.4) is 0 Å². The maximum Gasteiger partial charge on any atom is 0.121 e. The summed E-state index contributed by atoms with van der Waals surface area (Å²) in [5.41, 5.74) is 8.36. The summed E-state index contributed by atoms with van der Waals surface area (Å²) >= 11 is 6.92. The average Bonchev–Trinajstić information content (AvgIpc) is 2.35. The van der Waals surface area contributed by atoms with E-state index in [2.05, 4.69) is 37.2 Å². The Morgan fingerprint density at radius 2 is 1.83 bits per heavy atom. The van der Waals surface area contributed by atoms with Crippen LogP contribution in [0.5, 0.6) is 5.75 Å². The Kier molecular flexibility index (Phi) is 4.14. The molecule has 2 rings (SSSR count). The lowest BCUT2D eigenvalue weighted by molar-refractivity contribution is 0.415. The molecule has 0 spiro atoms. The minimum atomic E-state index is 0.672. The topological polar surface area (TPSA) is 47.3 Å². The fraction of sp³-hybridized carbons (Fsp3) is 0.0769. The molecule has 0 saturated heterocycles. The number of rotatable bonds is 3. The highest BCUT2D eigenvalue weighted by Gasteiger charge is 2.05. The van der Waals surface area contributed by atoms with Gasteiger partial charge in [-0.25, -0.2) is 0 Å². The molecule has 18 heavy (non-hydrogen) atoms. The molecule has 0 bridgehead atoms. The van der Waals surface area contributed by atoms with Crippen LogP contribution in [0.15, 0.2) is 45.3 Å². The van der Waals surface area contributed by atoms with Crippen molar-refractivity contribution in [3.8, 4) is 5.75 Å². The van der Waals surface area contributed by atoms with Gasteiger partial charge in [-0.15, -0.1) is 0 Å². The summed E-state index contributed by atoms with van der Waals surface area (Å²) in [6.07, 6.45) is 0. The highest BCUT2D eigenvalue weighted by atomic mass is 79.9. The van der Waals surface area contributed by atoms with Crippen molar-refractivity contribution in [1.82, 2.24) is 0 Å². The van der Waals surface area contributed by atoms with Gasteiger partial charge in [-0.1, -0.05) is 15.9 Å². The predicted molar refractivity (Wildman–Crippen MR) is 82.5 cm³/mol. The number of nitrogen functional groups attached to an aromatic ring is 1. The quantitative estimate of drug-likeness (QED) is 0.778. The first kappa shape index (κ1) is 13.2. The fourth-order valence-corrected chi connectivity index (χ4v) is 2.65. The lowest BCUT2D eigenvalue weighted by atomic mass is 10.2. The molecule has 0 fully saturated rings. The summed E-state index contributed by atoms with van der Waals surface area (Å²) in [6, 6.07) is 11.4. The molecule has 0 saturated carbocycles. The van der Waals surface area contributed by atoms with Crippen molar-refractivity contribution in [2.45, 2.75) is 0 Å². The molecular weight excluding hydrogens is 360 g/mol. The first-order valence-electron chi connectivity index (χ1n) is 5.26. The van der Waals surface area contributed by atoms with Gasteiger partial charge in [0.1, 0.15) is 5.75 Å². The predicted octanol–water partition coefficient (Wildman–Crippen LogP) is 4.55. The lowest BCUT2D eigenvalue weighted by Gasteiger charge is -2.12. The summed E-state index contributed by atoms with van der Waals surface area (Å²) < 4.78 is 7.15. The minimum Gasteiger partial charge on any atom is -0.497 e. The second kappa shape index (κ2) is 5.63. The van der Waals surface area contributed by atoms with Crippen molar-refractivity contribution in [1.29, 1.82) is 0 Å². The Bertz CT molecular complexity index is 573. The monoisotopic (exact) mass is 370 g/mol. The molecule has 0 aliphatic rings.